The minimum atomic E-state index is -0.287. The van der Waals surface area contributed by atoms with Gasteiger partial charge in [0.1, 0.15) is 12.4 Å². The summed E-state index contributed by atoms with van der Waals surface area (Å²) >= 11 is 1.31. The zero-order valence-electron chi connectivity index (χ0n) is 16.1. The summed E-state index contributed by atoms with van der Waals surface area (Å²) < 4.78 is 7.22. The summed E-state index contributed by atoms with van der Waals surface area (Å²) in [5.74, 6) is 7.43. The molecule has 7 nitrogen and oxygen atoms in total. The number of nitrogen functional groups attached to an aromatic ring is 1. The molecule has 3 rings (SSSR count). The Balaban J connectivity index is 1.56. The second kappa shape index (κ2) is 8.65. The number of aromatic nitrogens is 3. The molecule has 0 spiro atoms. The van der Waals surface area contributed by atoms with E-state index in [1.165, 1.54) is 34.8 Å². The summed E-state index contributed by atoms with van der Waals surface area (Å²) in [5.41, 5.74) is 2.25. The van der Waals surface area contributed by atoms with Crippen molar-refractivity contribution in [1.29, 1.82) is 0 Å². The standard InChI is InChI=1S/C19H27N5O2S/c1-12-8-9-16(13(2)10-12)26-11-17-22-23-19(24(17)20)27-14(3)18(25)21-15-6-4-5-7-15/h8-10,14-15H,4-7,11,20H2,1-3H3,(H,21,25)/t14-/m0/s1. The molecular weight excluding hydrogens is 362 g/mol. The number of nitrogens with zero attached hydrogens (tertiary/aromatic N) is 3. The van der Waals surface area contributed by atoms with Gasteiger partial charge in [-0.25, -0.2) is 4.68 Å². The van der Waals surface area contributed by atoms with E-state index in [4.69, 9.17) is 10.6 Å². The minimum absolute atomic E-state index is 0.0166. The van der Waals surface area contributed by atoms with Gasteiger partial charge in [0.05, 0.1) is 5.25 Å². The van der Waals surface area contributed by atoms with E-state index >= 15 is 0 Å². The van der Waals surface area contributed by atoms with Crippen molar-refractivity contribution in [3.8, 4) is 5.75 Å². The summed E-state index contributed by atoms with van der Waals surface area (Å²) in [6.07, 6.45) is 4.51. The lowest BCUT2D eigenvalue weighted by Gasteiger charge is -2.16. The Hall–Kier alpha value is -2.22. The third-order valence-electron chi connectivity index (χ3n) is 4.78. The van der Waals surface area contributed by atoms with Crippen LogP contribution in [0.2, 0.25) is 0 Å². The lowest BCUT2D eigenvalue weighted by molar-refractivity contribution is -0.120. The van der Waals surface area contributed by atoms with Crippen molar-refractivity contribution in [1.82, 2.24) is 20.2 Å². The number of nitrogens with one attached hydrogen (secondary N) is 1. The smallest absolute Gasteiger partial charge is 0.233 e. The molecule has 1 amide bonds. The van der Waals surface area contributed by atoms with Crippen molar-refractivity contribution in [3.63, 3.8) is 0 Å². The fraction of sp³-hybridized carbons (Fsp3) is 0.526. The molecule has 1 aromatic heterocycles. The van der Waals surface area contributed by atoms with Gasteiger partial charge in [-0.1, -0.05) is 42.3 Å². The number of rotatable bonds is 7. The zero-order valence-corrected chi connectivity index (χ0v) is 16.9. The van der Waals surface area contributed by atoms with Gasteiger partial charge in [0.25, 0.3) is 0 Å². The van der Waals surface area contributed by atoms with E-state index < -0.39 is 0 Å². The molecule has 1 heterocycles. The monoisotopic (exact) mass is 389 g/mol. The highest BCUT2D eigenvalue weighted by atomic mass is 32.2. The number of aryl methyl sites for hydroxylation is 2. The molecular formula is C19H27N5O2S. The number of hydrogen-bond acceptors (Lipinski definition) is 6. The first kappa shape index (κ1) is 19.5. The summed E-state index contributed by atoms with van der Waals surface area (Å²) in [7, 11) is 0. The molecule has 0 aliphatic heterocycles. The Kier molecular flexibility index (Phi) is 6.26. The van der Waals surface area contributed by atoms with Gasteiger partial charge in [0, 0.05) is 6.04 Å². The van der Waals surface area contributed by atoms with Crippen LogP contribution in [0.5, 0.6) is 5.75 Å². The van der Waals surface area contributed by atoms with Gasteiger partial charge in [0.2, 0.25) is 11.1 Å². The molecule has 1 aromatic carbocycles. The third kappa shape index (κ3) is 4.94. The Labute approximate surface area is 164 Å². The predicted octanol–water partition coefficient (Wildman–Crippen LogP) is 2.73. The number of benzene rings is 1. The van der Waals surface area contributed by atoms with Crippen molar-refractivity contribution in [3.05, 3.63) is 35.2 Å². The summed E-state index contributed by atoms with van der Waals surface area (Å²) in [5, 5.41) is 11.5. The molecule has 1 aliphatic carbocycles. The average molecular weight is 390 g/mol. The average Bonchev–Trinajstić information content (AvgIpc) is 3.25. The highest BCUT2D eigenvalue weighted by molar-refractivity contribution is 8.00. The fourth-order valence-corrected chi connectivity index (χ4v) is 3.99. The van der Waals surface area contributed by atoms with Crippen LogP contribution in [0, 0.1) is 13.8 Å². The van der Waals surface area contributed by atoms with E-state index in [1.54, 1.807) is 0 Å². The zero-order chi connectivity index (χ0) is 19.4. The molecule has 1 saturated carbocycles. The van der Waals surface area contributed by atoms with Gasteiger partial charge in [-0.3, -0.25) is 4.79 Å². The van der Waals surface area contributed by atoms with Crippen LogP contribution < -0.4 is 15.9 Å². The highest BCUT2D eigenvalue weighted by Gasteiger charge is 2.23. The molecule has 27 heavy (non-hydrogen) atoms. The van der Waals surface area contributed by atoms with Crippen molar-refractivity contribution in [2.45, 2.75) is 69.5 Å². The van der Waals surface area contributed by atoms with Crippen LogP contribution in [-0.2, 0) is 11.4 Å². The topological polar surface area (TPSA) is 95.1 Å². The molecule has 8 heteroatoms. The molecule has 146 valence electrons. The Morgan fingerprint density at radius 2 is 2.11 bits per heavy atom. The van der Waals surface area contributed by atoms with Crippen molar-refractivity contribution in [2.24, 2.45) is 0 Å². The molecule has 1 fully saturated rings. The normalized spacial score (nSPS) is 15.7. The lowest BCUT2D eigenvalue weighted by Crippen LogP contribution is -2.37. The van der Waals surface area contributed by atoms with Gasteiger partial charge in [-0.15, -0.1) is 10.2 Å². The van der Waals surface area contributed by atoms with E-state index in [2.05, 4.69) is 21.6 Å². The maximum absolute atomic E-state index is 12.3. The SMILES string of the molecule is Cc1ccc(OCc2nnc(S[C@@H](C)C(=O)NC3CCCC3)n2N)c(C)c1. The first-order valence-corrected chi connectivity index (χ1v) is 10.2. The van der Waals surface area contributed by atoms with Crippen LogP contribution in [0.4, 0.5) is 0 Å². The molecule has 0 bridgehead atoms. The molecule has 1 aliphatic rings. The number of thioether (sulfide) groups is 1. The number of nitrogens with two attached hydrogens (primary N) is 1. The first-order valence-electron chi connectivity index (χ1n) is 9.30. The maximum Gasteiger partial charge on any atom is 0.233 e. The molecule has 0 unspecified atom stereocenters. The highest BCUT2D eigenvalue weighted by Crippen LogP contribution is 2.24. The largest absolute Gasteiger partial charge is 0.485 e. The number of carbonyl (C=O) groups excluding carboxylic acids is 1. The van der Waals surface area contributed by atoms with Gasteiger partial charge in [0.15, 0.2) is 5.82 Å². The quantitative estimate of drug-likeness (QED) is 0.558. The number of hydrogen-bond donors (Lipinski definition) is 2. The van der Waals surface area contributed by atoms with Crippen LogP contribution in [0.25, 0.3) is 0 Å². The first-order chi connectivity index (χ1) is 12.9. The van der Waals surface area contributed by atoms with Crippen LogP contribution in [0.1, 0.15) is 49.6 Å². The van der Waals surface area contributed by atoms with E-state index in [0.29, 0.717) is 17.0 Å². The summed E-state index contributed by atoms with van der Waals surface area (Å²) in [4.78, 5) is 12.3. The Morgan fingerprint density at radius 1 is 1.37 bits per heavy atom. The van der Waals surface area contributed by atoms with E-state index in [1.807, 2.05) is 32.9 Å². The van der Waals surface area contributed by atoms with Gasteiger partial charge in [-0.05, 0) is 45.2 Å². The number of amides is 1. The van der Waals surface area contributed by atoms with Gasteiger partial charge >= 0.3 is 0 Å². The third-order valence-corrected chi connectivity index (χ3v) is 5.83. The van der Waals surface area contributed by atoms with E-state index in [-0.39, 0.29) is 17.8 Å². The maximum atomic E-state index is 12.3. The van der Waals surface area contributed by atoms with E-state index in [9.17, 15) is 4.79 Å². The minimum Gasteiger partial charge on any atom is -0.485 e. The molecule has 1 atom stereocenters. The predicted molar refractivity (Wildman–Crippen MR) is 106 cm³/mol. The van der Waals surface area contributed by atoms with Gasteiger partial charge in [-0.2, -0.15) is 0 Å². The van der Waals surface area contributed by atoms with Crippen molar-refractivity contribution < 1.29 is 9.53 Å². The molecule has 2 aromatic rings. The van der Waals surface area contributed by atoms with Crippen molar-refractivity contribution in [2.75, 3.05) is 5.84 Å². The van der Waals surface area contributed by atoms with Crippen molar-refractivity contribution >= 4 is 17.7 Å². The van der Waals surface area contributed by atoms with E-state index in [0.717, 1.165) is 24.2 Å². The second-order valence-corrected chi connectivity index (χ2v) is 8.38. The number of ether oxygens (including phenoxy) is 1. The fourth-order valence-electron chi connectivity index (χ4n) is 3.19. The summed E-state index contributed by atoms with van der Waals surface area (Å²) in [6, 6.07) is 6.31. The van der Waals surface area contributed by atoms with Crippen LogP contribution in [0.3, 0.4) is 0 Å². The Morgan fingerprint density at radius 3 is 2.81 bits per heavy atom. The molecule has 0 saturated heterocycles. The van der Waals surface area contributed by atoms with Crippen LogP contribution in [0.15, 0.2) is 23.4 Å². The van der Waals surface area contributed by atoms with Gasteiger partial charge < -0.3 is 15.9 Å². The molecule has 0 radical (unpaired) electrons. The number of carbonyl (C=O) groups is 1. The van der Waals surface area contributed by atoms with Crippen LogP contribution >= 0.6 is 11.8 Å². The van der Waals surface area contributed by atoms with Crippen LogP contribution in [-0.4, -0.2) is 32.1 Å². The summed E-state index contributed by atoms with van der Waals surface area (Å²) in [6.45, 7) is 6.12. The Bertz CT molecular complexity index is 801. The second-order valence-electron chi connectivity index (χ2n) is 7.08. The molecule has 3 N–H and O–H groups in total. The lowest BCUT2D eigenvalue weighted by atomic mass is 10.1.